The van der Waals surface area contributed by atoms with Crippen LogP contribution in [0.5, 0.6) is 0 Å². The number of hydrogen-bond acceptors (Lipinski definition) is 2. The SMILES string of the molecule is Cc1cc2cc(CNC(=O)c3ccc(C)o3)ccc2[nH]1. The van der Waals surface area contributed by atoms with E-state index in [-0.39, 0.29) is 5.91 Å². The predicted octanol–water partition coefficient (Wildman–Crippen LogP) is 3.31. The second-order valence-electron chi connectivity index (χ2n) is 4.97. The highest BCUT2D eigenvalue weighted by atomic mass is 16.3. The summed E-state index contributed by atoms with van der Waals surface area (Å²) in [5, 5.41) is 4.01. The molecule has 102 valence electrons. The van der Waals surface area contributed by atoms with Crippen LogP contribution < -0.4 is 5.32 Å². The molecule has 3 aromatic rings. The molecular weight excluding hydrogens is 252 g/mol. The molecule has 2 heterocycles. The van der Waals surface area contributed by atoms with E-state index in [2.05, 4.69) is 22.4 Å². The van der Waals surface area contributed by atoms with E-state index in [9.17, 15) is 4.79 Å². The molecule has 3 rings (SSSR count). The van der Waals surface area contributed by atoms with Gasteiger partial charge in [0.25, 0.3) is 5.91 Å². The molecule has 0 aliphatic rings. The van der Waals surface area contributed by atoms with Crippen LogP contribution in [0.1, 0.15) is 27.6 Å². The summed E-state index contributed by atoms with van der Waals surface area (Å²) in [4.78, 5) is 15.2. The Balaban J connectivity index is 1.71. The summed E-state index contributed by atoms with van der Waals surface area (Å²) in [5.74, 6) is 0.892. The number of aromatic amines is 1. The van der Waals surface area contributed by atoms with Gasteiger partial charge in [-0.1, -0.05) is 6.07 Å². The Labute approximate surface area is 116 Å². The fourth-order valence-electron chi connectivity index (χ4n) is 2.26. The zero-order chi connectivity index (χ0) is 14.1. The van der Waals surface area contributed by atoms with Gasteiger partial charge < -0.3 is 14.7 Å². The smallest absolute Gasteiger partial charge is 0.287 e. The van der Waals surface area contributed by atoms with Gasteiger partial charge in [-0.05, 0) is 55.1 Å². The first-order valence-corrected chi connectivity index (χ1v) is 6.55. The van der Waals surface area contributed by atoms with Crippen LogP contribution in [0.15, 0.2) is 40.8 Å². The maximum absolute atomic E-state index is 11.9. The molecule has 0 bridgehead atoms. The maximum Gasteiger partial charge on any atom is 0.287 e. The number of hydrogen-bond donors (Lipinski definition) is 2. The molecular formula is C16H16N2O2. The number of furan rings is 1. The van der Waals surface area contributed by atoms with Crippen molar-refractivity contribution in [3.63, 3.8) is 0 Å². The molecule has 0 saturated heterocycles. The quantitative estimate of drug-likeness (QED) is 0.765. The number of aromatic nitrogens is 1. The van der Waals surface area contributed by atoms with Crippen LogP contribution in [-0.4, -0.2) is 10.9 Å². The summed E-state index contributed by atoms with van der Waals surface area (Å²) >= 11 is 0. The average molecular weight is 268 g/mol. The minimum absolute atomic E-state index is 0.191. The Kier molecular flexibility index (Phi) is 3.06. The average Bonchev–Trinajstić information content (AvgIpc) is 3.00. The van der Waals surface area contributed by atoms with Crippen molar-refractivity contribution in [3.8, 4) is 0 Å². The van der Waals surface area contributed by atoms with Crippen LogP contribution in [-0.2, 0) is 6.54 Å². The maximum atomic E-state index is 11.9. The molecule has 0 aliphatic carbocycles. The largest absolute Gasteiger partial charge is 0.456 e. The zero-order valence-corrected chi connectivity index (χ0v) is 11.5. The lowest BCUT2D eigenvalue weighted by molar-refractivity contribution is 0.0922. The van der Waals surface area contributed by atoms with Crippen LogP contribution >= 0.6 is 0 Å². The van der Waals surface area contributed by atoms with E-state index >= 15 is 0 Å². The van der Waals surface area contributed by atoms with Gasteiger partial charge in [-0.25, -0.2) is 0 Å². The molecule has 0 atom stereocenters. The Morgan fingerprint density at radius 2 is 2.05 bits per heavy atom. The lowest BCUT2D eigenvalue weighted by Gasteiger charge is -2.03. The van der Waals surface area contributed by atoms with Crippen molar-refractivity contribution in [3.05, 3.63) is 59.2 Å². The van der Waals surface area contributed by atoms with Crippen molar-refractivity contribution in [2.24, 2.45) is 0 Å². The fourth-order valence-corrected chi connectivity index (χ4v) is 2.26. The van der Waals surface area contributed by atoms with Gasteiger partial charge >= 0.3 is 0 Å². The standard InChI is InChI=1S/C16H16N2O2/c1-10-7-13-8-12(4-5-14(13)18-10)9-17-16(19)15-6-3-11(2)20-15/h3-8,18H,9H2,1-2H3,(H,17,19). The Morgan fingerprint density at radius 1 is 1.20 bits per heavy atom. The molecule has 4 nitrogen and oxygen atoms in total. The van der Waals surface area contributed by atoms with Crippen LogP contribution in [0, 0.1) is 13.8 Å². The summed E-state index contributed by atoms with van der Waals surface area (Å²) in [5.41, 5.74) is 3.31. The number of H-pyrrole nitrogens is 1. The second-order valence-corrected chi connectivity index (χ2v) is 4.97. The van der Waals surface area contributed by atoms with E-state index in [0.29, 0.717) is 12.3 Å². The van der Waals surface area contributed by atoms with Crippen molar-refractivity contribution in [1.82, 2.24) is 10.3 Å². The molecule has 0 radical (unpaired) electrons. The first-order valence-electron chi connectivity index (χ1n) is 6.55. The summed E-state index contributed by atoms with van der Waals surface area (Å²) < 4.78 is 5.29. The molecule has 2 aromatic heterocycles. The first-order chi connectivity index (χ1) is 9.61. The molecule has 0 fully saturated rings. The highest BCUT2D eigenvalue weighted by Crippen LogP contribution is 2.17. The third kappa shape index (κ3) is 2.45. The summed E-state index contributed by atoms with van der Waals surface area (Å²) in [6.07, 6.45) is 0. The van der Waals surface area contributed by atoms with Gasteiger partial charge in [0, 0.05) is 17.8 Å². The predicted molar refractivity (Wildman–Crippen MR) is 77.7 cm³/mol. The van der Waals surface area contributed by atoms with Crippen molar-refractivity contribution < 1.29 is 9.21 Å². The highest BCUT2D eigenvalue weighted by Gasteiger charge is 2.09. The first kappa shape index (κ1) is 12.5. The highest BCUT2D eigenvalue weighted by molar-refractivity contribution is 5.91. The Morgan fingerprint density at radius 3 is 2.80 bits per heavy atom. The molecule has 0 spiro atoms. The topological polar surface area (TPSA) is 58.0 Å². The summed E-state index contributed by atoms with van der Waals surface area (Å²) in [7, 11) is 0. The molecule has 1 aromatic carbocycles. The van der Waals surface area contributed by atoms with E-state index in [4.69, 9.17) is 4.42 Å². The van der Waals surface area contributed by atoms with E-state index in [1.807, 2.05) is 26.0 Å². The minimum atomic E-state index is -0.191. The van der Waals surface area contributed by atoms with Gasteiger partial charge in [0.15, 0.2) is 5.76 Å². The molecule has 2 N–H and O–H groups in total. The number of carbonyl (C=O) groups excluding carboxylic acids is 1. The van der Waals surface area contributed by atoms with Gasteiger partial charge in [0.2, 0.25) is 0 Å². The van der Waals surface area contributed by atoms with Gasteiger partial charge in [0.05, 0.1) is 0 Å². The van der Waals surface area contributed by atoms with Crippen LogP contribution in [0.3, 0.4) is 0 Å². The number of fused-ring (bicyclic) bond motifs is 1. The fraction of sp³-hybridized carbons (Fsp3) is 0.188. The molecule has 0 unspecified atom stereocenters. The van der Waals surface area contributed by atoms with Crippen LogP contribution in [0.2, 0.25) is 0 Å². The number of carbonyl (C=O) groups is 1. The van der Waals surface area contributed by atoms with Gasteiger partial charge in [-0.15, -0.1) is 0 Å². The van der Waals surface area contributed by atoms with E-state index < -0.39 is 0 Å². The van der Waals surface area contributed by atoms with Crippen molar-refractivity contribution in [2.75, 3.05) is 0 Å². The molecule has 20 heavy (non-hydrogen) atoms. The second kappa shape index (κ2) is 4.89. The Bertz CT molecular complexity index is 768. The molecule has 0 aliphatic heterocycles. The lowest BCUT2D eigenvalue weighted by atomic mass is 10.1. The molecule has 4 heteroatoms. The number of amides is 1. The normalized spacial score (nSPS) is 10.9. The number of nitrogens with one attached hydrogen (secondary N) is 2. The Hall–Kier alpha value is -2.49. The number of aryl methyl sites for hydroxylation is 2. The lowest BCUT2D eigenvalue weighted by Crippen LogP contribution is -2.22. The number of rotatable bonds is 3. The van der Waals surface area contributed by atoms with Gasteiger partial charge in [-0.2, -0.15) is 0 Å². The van der Waals surface area contributed by atoms with Gasteiger partial charge in [0.1, 0.15) is 5.76 Å². The monoisotopic (exact) mass is 268 g/mol. The van der Waals surface area contributed by atoms with Crippen LogP contribution in [0.4, 0.5) is 0 Å². The van der Waals surface area contributed by atoms with Crippen molar-refractivity contribution in [1.29, 1.82) is 0 Å². The minimum Gasteiger partial charge on any atom is -0.456 e. The third-order valence-electron chi connectivity index (χ3n) is 3.24. The number of benzene rings is 1. The van der Waals surface area contributed by atoms with E-state index in [0.717, 1.165) is 27.9 Å². The van der Waals surface area contributed by atoms with Gasteiger partial charge in [-0.3, -0.25) is 4.79 Å². The van der Waals surface area contributed by atoms with Crippen molar-refractivity contribution >= 4 is 16.8 Å². The molecule has 0 saturated carbocycles. The summed E-state index contributed by atoms with van der Waals surface area (Å²) in [6.45, 7) is 4.33. The zero-order valence-electron chi connectivity index (χ0n) is 11.5. The third-order valence-corrected chi connectivity index (χ3v) is 3.24. The molecule has 1 amide bonds. The van der Waals surface area contributed by atoms with E-state index in [1.54, 1.807) is 12.1 Å². The van der Waals surface area contributed by atoms with E-state index in [1.165, 1.54) is 0 Å². The van der Waals surface area contributed by atoms with Crippen molar-refractivity contribution in [2.45, 2.75) is 20.4 Å². The van der Waals surface area contributed by atoms with Crippen LogP contribution in [0.25, 0.3) is 10.9 Å². The summed E-state index contributed by atoms with van der Waals surface area (Å²) in [6, 6.07) is 11.7.